The summed E-state index contributed by atoms with van der Waals surface area (Å²) in [5, 5.41) is 9.60. The Labute approximate surface area is 144 Å². The number of nitrogens with zero attached hydrogens (tertiary/aromatic N) is 2. The summed E-state index contributed by atoms with van der Waals surface area (Å²) in [6, 6.07) is 8.24. The number of pyridine rings is 1. The second-order valence-electron chi connectivity index (χ2n) is 5.93. The van der Waals surface area contributed by atoms with E-state index in [-0.39, 0.29) is 36.7 Å². The minimum absolute atomic E-state index is 0.0859. The molecular weight excluding hydrogens is 331 g/mol. The molecule has 1 aliphatic rings. The Bertz CT molecular complexity index is 706. The van der Waals surface area contributed by atoms with Crippen LogP contribution in [0, 0.1) is 11.7 Å². The Balaban J connectivity index is 1.73. The highest BCUT2D eigenvalue weighted by atomic mass is 35.5. The number of carbonyl (C=O) groups excluding carboxylic acids is 1. The second kappa shape index (κ2) is 7.28. The van der Waals surface area contributed by atoms with E-state index in [9.17, 15) is 14.3 Å². The number of hydrogen-bond donors (Lipinski definition) is 1. The number of aromatic nitrogens is 1. The van der Waals surface area contributed by atoms with Crippen LogP contribution >= 0.6 is 11.6 Å². The standard InChI is InChI=1S/C18H18ClFN2O2/c19-15-4-1-5-16(20)17(15)13-9-14(13)18(24)22(7-8-23)11-12-3-2-6-21-10-12/h1-6,10,13-14,23H,7-9,11H2/t13-,14+/m1/s1. The molecule has 3 rings (SSSR count). The van der Waals surface area contributed by atoms with Crippen molar-refractivity contribution in [1.82, 2.24) is 9.88 Å². The van der Waals surface area contributed by atoms with E-state index < -0.39 is 0 Å². The molecule has 0 radical (unpaired) electrons. The van der Waals surface area contributed by atoms with Gasteiger partial charge in [0.2, 0.25) is 5.91 Å². The minimum atomic E-state index is -0.372. The van der Waals surface area contributed by atoms with Gasteiger partial charge >= 0.3 is 0 Å². The van der Waals surface area contributed by atoms with Crippen LogP contribution in [0.2, 0.25) is 5.02 Å². The quantitative estimate of drug-likeness (QED) is 0.873. The van der Waals surface area contributed by atoms with Crippen molar-refractivity contribution < 1.29 is 14.3 Å². The van der Waals surface area contributed by atoms with E-state index in [4.69, 9.17) is 11.6 Å². The summed E-state index contributed by atoms with van der Waals surface area (Å²) in [4.78, 5) is 18.4. The van der Waals surface area contributed by atoms with Gasteiger partial charge in [0.25, 0.3) is 0 Å². The Morgan fingerprint density at radius 2 is 2.21 bits per heavy atom. The van der Waals surface area contributed by atoms with E-state index >= 15 is 0 Å². The molecule has 1 aromatic heterocycles. The van der Waals surface area contributed by atoms with Crippen LogP contribution in [0.5, 0.6) is 0 Å². The first-order valence-electron chi connectivity index (χ1n) is 7.84. The van der Waals surface area contributed by atoms with Crippen molar-refractivity contribution in [2.75, 3.05) is 13.2 Å². The lowest BCUT2D eigenvalue weighted by atomic mass is 10.1. The lowest BCUT2D eigenvalue weighted by molar-refractivity contribution is -0.133. The monoisotopic (exact) mass is 348 g/mol. The molecule has 1 N–H and O–H groups in total. The van der Waals surface area contributed by atoms with E-state index in [0.29, 0.717) is 23.6 Å². The Kier molecular flexibility index (Phi) is 5.11. The lowest BCUT2D eigenvalue weighted by Crippen LogP contribution is -2.34. The molecule has 1 aliphatic carbocycles. The van der Waals surface area contributed by atoms with Gasteiger partial charge in [-0.2, -0.15) is 0 Å². The molecule has 1 amide bonds. The number of aliphatic hydroxyl groups is 1. The fourth-order valence-electron chi connectivity index (χ4n) is 2.99. The Morgan fingerprint density at radius 3 is 2.88 bits per heavy atom. The van der Waals surface area contributed by atoms with Gasteiger partial charge < -0.3 is 10.0 Å². The minimum Gasteiger partial charge on any atom is -0.395 e. The molecule has 0 bridgehead atoms. The van der Waals surface area contributed by atoms with Crippen molar-refractivity contribution in [2.24, 2.45) is 5.92 Å². The third-order valence-corrected chi connectivity index (χ3v) is 4.59. The van der Waals surface area contributed by atoms with Crippen LogP contribution in [-0.4, -0.2) is 34.0 Å². The van der Waals surface area contributed by atoms with Gasteiger partial charge in [-0.25, -0.2) is 4.39 Å². The molecule has 1 heterocycles. The molecule has 1 aromatic carbocycles. The molecule has 4 nitrogen and oxygen atoms in total. The van der Waals surface area contributed by atoms with Crippen LogP contribution < -0.4 is 0 Å². The highest BCUT2D eigenvalue weighted by Crippen LogP contribution is 2.51. The van der Waals surface area contributed by atoms with Crippen LogP contribution in [0.3, 0.4) is 0 Å². The van der Waals surface area contributed by atoms with E-state index in [1.165, 1.54) is 6.07 Å². The van der Waals surface area contributed by atoms with E-state index in [0.717, 1.165) is 5.56 Å². The number of carbonyl (C=O) groups is 1. The molecular formula is C18H18ClFN2O2. The topological polar surface area (TPSA) is 53.4 Å². The number of aliphatic hydroxyl groups excluding tert-OH is 1. The first-order chi connectivity index (χ1) is 11.6. The maximum Gasteiger partial charge on any atom is 0.226 e. The second-order valence-corrected chi connectivity index (χ2v) is 6.34. The van der Waals surface area contributed by atoms with Gasteiger partial charge in [-0.15, -0.1) is 0 Å². The van der Waals surface area contributed by atoms with E-state index in [1.807, 2.05) is 6.07 Å². The maximum atomic E-state index is 14.0. The van der Waals surface area contributed by atoms with Crippen molar-refractivity contribution in [3.63, 3.8) is 0 Å². The first kappa shape index (κ1) is 16.9. The van der Waals surface area contributed by atoms with Gasteiger partial charge in [-0.05, 0) is 30.2 Å². The fourth-order valence-corrected chi connectivity index (χ4v) is 3.29. The molecule has 1 saturated carbocycles. The molecule has 0 spiro atoms. The third kappa shape index (κ3) is 3.57. The molecule has 0 unspecified atom stereocenters. The average Bonchev–Trinajstić information content (AvgIpc) is 3.35. The maximum absolute atomic E-state index is 14.0. The van der Waals surface area contributed by atoms with Gasteiger partial charge in [-0.3, -0.25) is 9.78 Å². The summed E-state index contributed by atoms with van der Waals surface area (Å²) >= 11 is 6.09. The van der Waals surface area contributed by atoms with Gasteiger partial charge in [0.1, 0.15) is 5.82 Å². The van der Waals surface area contributed by atoms with Gasteiger partial charge in [0.05, 0.1) is 6.61 Å². The van der Waals surface area contributed by atoms with Gasteiger partial charge in [0.15, 0.2) is 0 Å². The van der Waals surface area contributed by atoms with Crippen molar-refractivity contribution >= 4 is 17.5 Å². The van der Waals surface area contributed by atoms with Crippen LogP contribution in [-0.2, 0) is 11.3 Å². The zero-order chi connectivity index (χ0) is 17.1. The molecule has 24 heavy (non-hydrogen) atoms. The van der Waals surface area contributed by atoms with Crippen LogP contribution in [0.25, 0.3) is 0 Å². The van der Waals surface area contributed by atoms with Gasteiger partial charge in [-0.1, -0.05) is 23.7 Å². The summed E-state index contributed by atoms with van der Waals surface area (Å²) in [6.07, 6.45) is 3.93. The SMILES string of the molecule is O=C([C@H]1C[C@H]1c1c(F)cccc1Cl)N(CCO)Cc1cccnc1. The summed E-state index contributed by atoms with van der Waals surface area (Å²) in [7, 11) is 0. The van der Waals surface area contributed by atoms with Crippen LogP contribution in [0.4, 0.5) is 4.39 Å². The summed E-state index contributed by atoms with van der Waals surface area (Å²) in [5.74, 6) is -0.940. The predicted molar refractivity (Wildman–Crippen MR) is 89.0 cm³/mol. The summed E-state index contributed by atoms with van der Waals surface area (Å²) < 4.78 is 14.0. The molecule has 2 atom stereocenters. The van der Waals surface area contributed by atoms with Crippen LogP contribution in [0.1, 0.15) is 23.5 Å². The molecule has 126 valence electrons. The number of amides is 1. The average molecular weight is 349 g/mol. The predicted octanol–water partition coefficient (Wildman–Crippen LogP) is 3.00. The number of hydrogen-bond acceptors (Lipinski definition) is 3. The Morgan fingerprint density at radius 1 is 1.38 bits per heavy atom. The number of rotatable bonds is 6. The number of benzene rings is 1. The molecule has 0 saturated heterocycles. The molecule has 6 heteroatoms. The molecule has 0 aliphatic heterocycles. The number of halogens is 2. The van der Waals surface area contributed by atoms with Crippen LogP contribution in [0.15, 0.2) is 42.7 Å². The van der Waals surface area contributed by atoms with E-state index in [2.05, 4.69) is 4.98 Å². The third-order valence-electron chi connectivity index (χ3n) is 4.26. The largest absolute Gasteiger partial charge is 0.395 e. The first-order valence-corrected chi connectivity index (χ1v) is 8.22. The van der Waals surface area contributed by atoms with Crippen molar-refractivity contribution in [3.05, 3.63) is 64.7 Å². The summed E-state index contributed by atoms with van der Waals surface area (Å²) in [6.45, 7) is 0.493. The lowest BCUT2D eigenvalue weighted by Gasteiger charge is -2.22. The van der Waals surface area contributed by atoms with Crippen molar-refractivity contribution in [2.45, 2.75) is 18.9 Å². The van der Waals surface area contributed by atoms with Gasteiger partial charge in [0, 0.05) is 47.9 Å². The smallest absolute Gasteiger partial charge is 0.226 e. The highest BCUT2D eigenvalue weighted by molar-refractivity contribution is 6.31. The van der Waals surface area contributed by atoms with E-state index in [1.54, 1.807) is 35.5 Å². The highest BCUT2D eigenvalue weighted by Gasteiger charge is 2.47. The molecule has 1 fully saturated rings. The fraction of sp³-hybridized carbons (Fsp3) is 0.333. The Hall–Kier alpha value is -1.98. The molecule has 2 aromatic rings. The van der Waals surface area contributed by atoms with Crippen molar-refractivity contribution in [3.8, 4) is 0 Å². The normalized spacial score (nSPS) is 19.1. The zero-order valence-corrected chi connectivity index (χ0v) is 13.8. The zero-order valence-electron chi connectivity index (χ0n) is 13.0. The summed E-state index contributed by atoms with van der Waals surface area (Å²) in [5.41, 5.74) is 1.31. The van der Waals surface area contributed by atoms with Crippen molar-refractivity contribution in [1.29, 1.82) is 0 Å².